The maximum Gasteiger partial charge on any atom is 0.307 e. The molecule has 1 unspecified atom stereocenters. The van der Waals surface area contributed by atoms with Gasteiger partial charge in [0.2, 0.25) is 0 Å². The molecule has 0 bridgehead atoms. The highest BCUT2D eigenvalue weighted by atomic mass is 16.4. The van der Waals surface area contributed by atoms with E-state index in [1.54, 1.807) is 7.05 Å². The predicted octanol–water partition coefficient (Wildman–Crippen LogP) is 1.88. The van der Waals surface area contributed by atoms with Gasteiger partial charge in [-0.25, -0.2) is 0 Å². The van der Waals surface area contributed by atoms with E-state index in [1.165, 1.54) is 12.8 Å². The number of carboxylic acid groups (broad SMARTS) is 1. The van der Waals surface area contributed by atoms with Crippen molar-refractivity contribution in [2.24, 2.45) is 5.92 Å². The fourth-order valence-electron chi connectivity index (χ4n) is 1.38. The zero-order valence-corrected chi connectivity index (χ0v) is 8.68. The van der Waals surface area contributed by atoms with Crippen LogP contribution in [0, 0.1) is 5.92 Å². The molecule has 0 aromatic carbocycles. The number of hydrogen-bond donors (Lipinski definition) is 2. The second-order valence-corrected chi connectivity index (χ2v) is 3.44. The van der Waals surface area contributed by atoms with Crippen LogP contribution in [0.4, 0.5) is 0 Å². The Balaban J connectivity index is 3.51. The standard InChI is InChI=1S/C10H21NO2/c1-3-4-5-6-7-9(8-11-2)10(12)13/h9,11H,3-8H2,1-2H3,(H,12,13). The van der Waals surface area contributed by atoms with Crippen LogP contribution in [0.5, 0.6) is 0 Å². The summed E-state index contributed by atoms with van der Waals surface area (Å²) in [6.45, 7) is 2.74. The number of carbonyl (C=O) groups is 1. The van der Waals surface area contributed by atoms with Crippen molar-refractivity contribution in [1.29, 1.82) is 0 Å². The van der Waals surface area contributed by atoms with Gasteiger partial charge < -0.3 is 10.4 Å². The topological polar surface area (TPSA) is 49.3 Å². The largest absolute Gasteiger partial charge is 0.481 e. The van der Waals surface area contributed by atoms with Gasteiger partial charge in [-0.15, -0.1) is 0 Å². The molecule has 1 atom stereocenters. The minimum atomic E-state index is -0.675. The zero-order chi connectivity index (χ0) is 10.1. The first-order valence-electron chi connectivity index (χ1n) is 5.09. The van der Waals surface area contributed by atoms with E-state index in [-0.39, 0.29) is 5.92 Å². The molecule has 0 rings (SSSR count). The first-order valence-corrected chi connectivity index (χ1v) is 5.09. The lowest BCUT2D eigenvalue weighted by atomic mass is 10.0. The highest BCUT2D eigenvalue weighted by molar-refractivity contribution is 5.70. The first-order chi connectivity index (χ1) is 6.22. The fraction of sp³-hybridized carbons (Fsp3) is 0.900. The van der Waals surface area contributed by atoms with E-state index in [4.69, 9.17) is 5.11 Å². The molecule has 0 aliphatic heterocycles. The second kappa shape index (κ2) is 8.05. The van der Waals surface area contributed by atoms with Crippen LogP contribution in [-0.4, -0.2) is 24.7 Å². The normalized spacial score (nSPS) is 12.8. The van der Waals surface area contributed by atoms with E-state index in [0.29, 0.717) is 6.54 Å². The van der Waals surface area contributed by atoms with Crippen LogP contribution < -0.4 is 5.32 Å². The van der Waals surface area contributed by atoms with Crippen molar-refractivity contribution in [1.82, 2.24) is 5.32 Å². The highest BCUT2D eigenvalue weighted by Gasteiger charge is 2.14. The molecule has 0 radical (unpaired) electrons. The van der Waals surface area contributed by atoms with Crippen molar-refractivity contribution in [3.63, 3.8) is 0 Å². The summed E-state index contributed by atoms with van der Waals surface area (Å²) in [7, 11) is 1.79. The molecule has 0 saturated carbocycles. The summed E-state index contributed by atoms with van der Waals surface area (Å²) in [4.78, 5) is 10.7. The number of unbranched alkanes of at least 4 members (excludes halogenated alkanes) is 3. The maximum absolute atomic E-state index is 10.7. The van der Waals surface area contributed by atoms with Crippen LogP contribution in [0.3, 0.4) is 0 Å². The average molecular weight is 187 g/mol. The van der Waals surface area contributed by atoms with Crippen LogP contribution in [0.15, 0.2) is 0 Å². The molecule has 0 heterocycles. The van der Waals surface area contributed by atoms with Crippen LogP contribution in [-0.2, 0) is 4.79 Å². The lowest BCUT2D eigenvalue weighted by Gasteiger charge is -2.10. The minimum absolute atomic E-state index is 0.207. The van der Waals surface area contributed by atoms with Crippen LogP contribution in [0.25, 0.3) is 0 Å². The Kier molecular flexibility index (Phi) is 7.69. The maximum atomic E-state index is 10.7. The third-order valence-electron chi connectivity index (χ3n) is 2.21. The molecule has 0 fully saturated rings. The summed E-state index contributed by atoms with van der Waals surface area (Å²) in [6.07, 6.45) is 5.41. The number of aliphatic carboxylic acids is 1. The molecule has 3 nitrogen and oxygen atoms in total. The summed E-state index contributed by atoms with van der Waals surface area (Å²) >= 11 is 0. The summed E-state index contributed by atoms with van der Waals surface area (Å²) in [5.41, 5.74) is 0. The molecule has 3 heteroatoms. The highest BCUT2D eigenvalue weighted by Crippen LogP contribution is 2.10. The van der Waals surface area contributed by atoms with Gasteiger partial charge in [0.1, 0.15) is 0 Å². The van der Waals surface area contributed by atoms with Gasteiger partial charge in [-0.05, 0) is 13.5 Å². The Morgan fingerprint density at radius 2 is 2.08 bits per heavy atom. The first kappa shape index (κ1) is 12.4. The smallest absolute Gasteiger partial charge is 0.307 e. The van der Waals surface area contributed by atoms with Crippen molar-refractivity contribution in [2.75, 3.05) is 13.6 Å². The van der Waals surface area contributed by atoms with Gasteiger partial charge in [0.05, 0.1) is 5.92 Å². The van der Waals surface area contributed by atoms with Crippen molar-refractivity contribution in [3.05, 3.63) is 0 Å². The molecule has 13 heavy (non-hydrogen) atoms. The number of carboxylic acids is 1. The summed E-state index contributed by atoms with van der Waals surface area (Å²) < 4.78 is 0. The number of rotatable bonds is 8. The molecular weight excluding hydrogens is 166 g/mol. The minimum Gasteiger partial charge on any atom is -0.481 e. The van der Waals surface area contributed by atoms with Crippen LogP contribution >= 0.6 is 0 Å². The Hall–Kier alpha value is -0.570. The Bertz CT molecular complexity index is 137. The molecule has 2 N–H and O–H groups in total. The molecule has 0 saturated heterocycles. The van der Waals surface area contributed by atoms with E-state index in [9.17, 15) is 4.79 Å². The third kappa shape index (κ3) is 6.58. The molecular formula is C10H21NO2. The van der Waals surface area contributed by atoms with E-state index >= 15 is 0 Å². The summed E-state index contributed by atoms with van der Waals surface area (Å²) in [6, 6.07) is 0. The van der Waals surface area contributed by atoms with E-state index in [2.05, 4.69) is 12.2 Å². The molecule has 0 aliphatic carbocycles. The van der Waals surface area contributed by atoms with E-state index in [0.717, 1.165) is 19.3 Å². The van der Waals surface area contributed by atoms with Crippen LogP contribution in [0.1, 0.15) is 39.0 Å². The average Bonchev–Trinajstić information content (AvgIpc) is 2.10. The van der Waals surface area contributed by atoms with Gasteiger partial charge in [-0.1, -0.05) is 32.6 Å². The lowest BCUT2D eigenvalue weighted by molar-refractivity contribution is -0.141. The molecule has 0 aliphatic rings. The van der Waals surface area contributed by atoms with Gasteiger partial charge in [-0.2, -0.15) is 0 Å². The molecule has 0 aromatic heterocycles. The van der Waals surface area contributed by atoms with E-state index in [1.807, 2.05) is 0 Å². The third-order valence-corrected chi connectivity index (χ3v) is 2.21. The monoisotopic (exact) mass is 187 g/mol. The van der Waals surface area contributed by atoms with Gasteiger partial charge >= 0.3 is 5.97 Å². The fourth-order valence-corrected chi connectivity index (χ4v) is 1.38. The van der Waals surface area contributed by atoms with E-state index < -0.39 is 5.97 Å². The van der Waals surface area contributed by atoms with Gasteiger partial charge in [-0.3, -0.25) is 4.79 Å². The van der Waals surface area contributed by atoms with Gasteiger partial charge in [0.25, 0.3) is 0 Å². The Labute approximate surface area is 80.5 Å². The second-order valence-electron chi connectivity index (χ2n) is 3.44. The molecule has 78 valence electrons. The molecule has 0 spiro atoms. The van der Waals surface area contributed by atoms with Gasteiger partial charge in [0, 0.05) is 6.54 Å². The number of nitrogens with one attached hydrogen (secondary N) is 1. The zero-order valence-electron chi connectivity index (χ0n) is 8.68. The quantitative estimate of drug-likeness (QED) is 0.570. The van der Waals surface area contributed by atoms with Crippen molar-refractivity contribution in [2.45, 2.75) is 39.0 Å². The van der Waals surface area contributed by atoms with Crippen LogP contribution in [0.2, 0.25) is 0 Å². The number of hydrogen-bond acceptors (Lipinski definition) is 2. The predicted molar refractivity (Wildman–Crippen MR) is 53.8 cm³/mol. The molecule has 0 amide bonds. The summed E-state index contributed by atoms with van der Waals surface area (Å²) in [5.74, 6) is -0.882. The van der Waals surface area contributed by atoms with Crippen molar-refractivity contribution in [3.8, 4) is 0 Å². The SMILES string of the molecule is CCCCCCC(CNC)C(=O)O. The summed E-state index contributed by atoms with van der Waals surface area (Å²) in [5, 5.41) is 11.7. The van der Waals surface area contributed by atoms with Gasteiger partial charge in [0.15, 0.2) is 0 Å². The Morgan fingerprint density at radius 3 is 2.54 bits per heavy atom. The van der Waals surface area contributed by atoms with Crippen molar-refractivity contribution >= 4 is 5.97 Å². The van der Waals surface area contributed by atoms with Crippen molar-refractivity contribution < 1.29 is 9.90 Å². The molecule has 0 aromatic rings. The lowest BCUT2D eigenvalue weighted by Crippen LogP contribution is -2.25. The Morgan fingerprint density at radius 1 is 1.38 bits per heavy atom.